The molecule has 1 spiro atoms. The van der Waals surface area contributed by atoms with Crippen molar-refractivity contribution in [2.24, 2.45) is 0 Å². The molecule has 0 radical (unpaired) electrons. The third-order valence-electron chi connectivity index (χ3n) is 11.7. The fraction of sp³-hybridized carbons (Fsp3) is 0.0196. The molecule has 2 heterocycles. The topological polar surface area (TPSA) is 38.9 Å². The largest absolute Gasteiger partial charge is 0.438 e. The minimum atomic E-state index is -0.509. The Hall–Kier alpha value is -7.10. The molecule has 3 nitrogen and oxygen atoms in total. The highest BCUT2D eigenvalue weighted by Gasteiger charge is 2.53. The van der Waals surface area contributed by atoms with Crippen LogP contribution in [-0.4, -0.2) is 9.97 Å². The van der Waals surface area contributed by atoms with E-state index in [0.717, 1.165) is 44.3 Å². The van der Waals surface area contributed by atoms with Crippen LogP contribution in [0, 0.1) is 0 Å². The van der Waals surface area contributed by atoms with Crippen molar-refractivity contribution in [1.82, 2.24) is 9.97 Å². The van der Waals surface area contributed by atoms with Crippen LogP contribution in [0.15, 0.2) is 186 Å². The van der Waals surface area contributed by atoms with Crippen molar-refractivity contribution in [1.29, 1.82) is 0 Å². The molecule has 0 amide bonds. The lowest BCUT2D eigenvalue weighted by Gasteiger charge is -2.31. The van der Waals surface area contributed by atoms with Crippen LogP contribution in [0.3, 0.4) is 0 Å². The average Bonchev–Trinajstić information content (AvgIpc) is 3.88. The molecule has 10 aromatic rings. The summed E-state index contributed by atoms with van der Waals surface area (Å²) in [6.07, 6.45) is 0. The van der Waals surface area contributed by atoms with Crippen molar-refractivity contribution < 1.29 is 4.42 Å². The van der Waals surface area contributed by atoms with Gasteiger partial charge in [-0.25, -0.2) is 4.98 Å². The van der Waals surface area contributed by atoms with E-state index >= 15 is 0 Å². The second-order valence-corrected chi connectivity index (χ2v) is 14.4. The molecule has 1 atom stereocenters. The standard InChI is InChI=1S/C51H30N2O/c1-2-14-31(15-3-1)33-17-12-18-34(30-33)48-46-39-22-8-11-27-44(39)54-50(46)53-49(52-48)40-23-13-26-43-45(40)38-21-7-10-25-42(38)51(43)41-24-9-6-20-36(41)37-29-28-32-16-4-5-19-35(32)47(37)51/h1-30H. The number of hydrogen-bond donors (Lipinski definition) is 0. The Balaban J connectivity index is 1.17. The van der Waals surface area contributed by atoms with Gasteiger partial charge in [-0.05, 0) is 78.5 Å². The highest BCUT2D eigenvalue weighted by molar-refractivity contribution is 6.11. The maximum Gasteiger partial charge on any atom is 0.231 e. The van der Waals surface area contributed by atoms with Gasteiger partial charge >= 0.3 is 0 Å². The summed E-state index contributed by atoms with van der Waals surface area (Å²) >= 11 is 0. The maximum absolute atomic E-state index is 6.56. The maximum atomic E-state index is 6.56. The summed E-state index contributed by atoms with van der Waals surface area (Å²) < 4.78 is 6.56. The highest BCUT2D eigenvalue weighted by atomic mass is 16.3. The van der Waals surface area contributed by atoms with E-state index in [1.165, 1.54) is 55.3 Å². The summed E-state index contributed by atoms with van der Waals surface area (Å²) in [5.74, 6) is 0.648. The quantitative estimate of drug-likeness (QED) is 0.186. The van der Waals surface area contributed by atoms with E-state index in [-0.39, 0.29) is 0 Å². The molecule has 0 N–H and O–H groups in total. The Morgan fingerprint density at radius 1 is 0.426 bits per heavy atom. The Morgan fingerprint density at radius 3 is 1.96 bits per heavy atom. The lowest BCUT2D eigenvalue weighted by molar-refractivity contribution is 0.653. The zero-order valence-electron chi connectivity index (χ0n) is 29.1. The van der Waals surface area contributed by atoms with Crippen LogP contribution in [0.2, 0.25) is 0 Å². The van der Waals surface area contributed by atoms with Gasteiger partial charge in [0.15, 0.2) is 5.82 Å². The summed E-state index contributed by atoms with van der Waals surface area (Å²) in [5, 5.41) is 4.45. The van der Waals surface area contributed by atoms with Crippen molar-refractivity contribution in [2.75, 3.05) is 0 Å². The fourth-order valence-electron chi connectivity index (χ4n) is 9.58. The summed E-state index contributed by atoms with van der Waals surface area (Å²) in [6, 6.07) is 65.4. The lowest BCUT2D eigenvalue weighted by atomic mass is 9.69. The molecular formula is C51H30N2O. The molecule has 0 aliphatic heterocycles. The third-order valence-corrected chi connectivity index (χ3v) is 11.7. The number of fused-ring (bicyclic) bond motifs is 15. The predicted molar refractivity (Wildman–Crippen MR) is 219 cm³/mol. The fourth-order valence-corrected chi connectivity index (χ4v) is 9.58. The van der Waals surface area contributed by atoms with E-state index in [9.17, 15) is 0 Å². The van der Waals surface area contributed by atoms with E-state index in [0.29, 0.717) is 11.5 Å². The Labute approximate surface area is 311 Å². The molecule has 2 aromatic heterocycles. The van der Waals surface area contributed by atoms with Gasteiger partial charge in [-0.2, -0.15) is 4.98 Å². The van der Waals surface area contributed by atoms with Crippen molar-refractivity contribution >= 4 is 32.8 Å². The van der Waals surface area contributed by atoms with Crippen LogP contribution in [-0.2, 0) is 5.41 Å². The first kappa shape index (κ1) is 29.5. The molecule has 2 aliphatic rings. The zero-order valence-corrected chi connectivity index (χ0v) is 29.1. The van der Waals surface area contributed by atoms with Gasteiger partial charge in [0.2, 0.25) is 5.71 Å². The van der Waals surface area contributed by atoms with E-state index in [1.54, 1.807) is 0 Å². The predicted octanol–water partition coefficient (Wildman–Crippen LogP) is 12.9. The highest BCUT2D eigenvalue weighted by Crippen LogP contribution is 2.65. The number of rotatable bonds is 3. The summed E-state index contributed by atoms with van der Waals surface area (Å²) in [7, 11) is 0. The van der Waals surface area contributed by atoms with Gasteiger partial charge in [0, 0.05) is 16.5 Å². The van der Waals surface area contributed by atoms with E-state index in [4.69, 9.17) is 14.4 Å². The van der Waals surface area contributed by atoms with Crippen LogP contribution in [0.1, 0.15) is 22.3 Å². The van der Waals surface area contributed by atoms with Crippen molar-refractivity contribution in [3.05, 3.63) is 204 Å². The normalized spacial score (nSPS) is 15.1. The molecular weight excluding hydrogens is 657 g/mol. The molecule has 8 aromatic carbocycles. The number of nitrogens with zero attached hydrogens (tertiary/aromatic N) is 2. The lowest BCUT2D eigenvalue weighted by Crippen LogP contribution is -2.26. The van der Waals surface area contributed by atoms with Gasteiger partial charge in [0.25, 0.3) is 0 Å². The molecule has 0 bridgehead atoms. The summed E-state index contributed by atoms with van der Waals surface area (Å²) in [4.78, 5) is 10.8. The molecule has 1 unspecified atom stereocenters. The molecule has 3 heteroatoms. The van der Waals surface area contributed by atoms with Gasteiger partial charge in [0.05, 0.1) is 16.5 Å². The molecule has 2 aliphatic carbocycles. The van der Waals surface area contributed by atoms with Crippen molar-refractivity contribution in [3.63, 3.8) is 0 Å². The zero-order chi connectivity index (χ0) is 35.4. The number of aromatic nitrogens is 2. The first-order valence-electron chi connectivity index (χ1n) is 18.5. The van der Waals surface area contributed by atoms with E-state index < -0.39 is 5.41 Å². The molecule has 0 fully saturated rings. The van der Waals surface area contributed by atoms with Gasteiger partial charge in [-0.1, -0.05) is 170 Å². The van der Waals surface area contributed by atoms with Crippen LogP contribution >= 0.6 is 0 Å². The number of hydrogen-bond acceptors (Lipinski definition) is 3. The summed E-state index contributed by atoms with van der Waals surface area (Å²) in [5.41, 5.74) is 16.2. The molecule has 12 rings (SSSR count). The summed E-state index contributed by atoms with van der Waals surface area (Å²) in [6.45, 7) is 0. The Kier molecular flexibility index (Phi) is 5.98. The molecule has 54 heavy (non-hydrogen) atoms. The second-order valence-electron chi connectivity index (χ2n) is 14.4. The van der Waals surface area contributed by atoms with E-state index in [1.807, 2.05) is 12.1 Å². The minimum absolute atomic E-state index is 0.509. The SMILES string of the molecule is c1ccc(-c2cccc(-c3nc(-c4cccc5c4-c4ccccc4C54c5ccccc5-c5ccc6ccccc6c54)nc4oc5ccccc5c34)c2)cc1. The third kappa shape index (κ3) is 3.85. The number of para-hydroxylation sites is 1. The number of furan rings is 1. The molecule has 0 saturated heterocycles. The van der Waals surface area contributed by atoms with Gasteiger partial charge < -0.3 is 4.42 Å². The first-order chi connectivity index (χ1) is 26.8. The Morgan fingerprint density at radius 2 is 1.07 bits per heavy atom. The van der Waals surface area contributed by atoms with Crippen LogP contribution in [0.5, 0.6) is 0 Å². The second kappa shape index (κ2) is 11.0. The van der Waals surface area contributed by atoms with Gasteiger partial charge in [0.1, 0.15) is 5.58 Å². The minimum Gasteiger partial charge on any atom is -0.438 e. The van der Waals surface area contributed by atoms with Crippen LogP contribution < -0.4 is 0 Å². The van der Waals surface area contributed by atoms with Crippen LogP contribution in [0.4, 0.5) is 0 Å². The van der Waals surface area contributed by atoms with Gasteiger partial charge in [-0.3, -0.25) is 0 Å². The molecule has 0 saturated carbocycles. The van der Waals surface area contributed by atoms with E-state index in [2.05, 4.69) is 170 Å². The smallest absolute Gasteiger partial charge is 0.231 e. The first-order valence-corrected chi connectivity index (χ1v) is 18.5. The number of benzene rings is 8. The van der Waals surface area contributed by atoms with Crippen LogP contribution in [0.25, 0.3) is 88.9 Å². The van der Waals surface area contributed by atoms with Gasteiger partial charge in [-0.15, -0.1) is 0 Å². The van der Waals surface area contributed by atoms with Crippen molar-refractivity contribution in [2.45, 2.75) is 5.41 Å². The molecule has 250 valence electrons. The average molecular weight is 687 g/mol. The van der Waals surface area contributed by atoms with Crippen molar-refractivity contribution in [3.8, 4) is 56.0 Å². The monoisotopic (exact) mass is 686 g/mol. The Bertz CT molecular complexity index is 3180.